The van der Waals surface area contributed by atoms with Crippen LogP contribution in [0.15, 0.2) is 41.2 Å². The smallest absolute Gasteiger partial charge is 0.408 e. The van der Waals surface area contributed by atoms with Crippen LogP contribution in [0.1, 0.15) is 53.2 Å². The number of aromatic nitrogens is 2. The Kier molecular flexibility index (Phi) is 7.43. The predicted molar refractivity (Wildman–Crippen MR) is 162 cm³/mol. The molecule has 3 heterocycles. The van der Waals surface area contributed by atoms with Crippen LogP contribution in [0.2, 0.25) is 0 Å². The van der Waals surface area contributed by atoms with E-state index in [0.717, 1.165) is 5.39 Å². The average Bonchev–Trinajstić information content (AvgIpc) is 2.91. The van der Waals surface area contributed by atoms with Gasteiger partial charge in [-0.2, -0.15) is 0 Å². The van der Waals surface area contributed by atoms with Crippen molar-refractivity contribution in [2.45, 2.75) is 64.9 Å². The summed E-state index contributed by atoms with van der Waals surface area (Å²) in [7, 11) is 3.13. The second-order valence-corrected chi connectivity index (χ2v) is 12.4. The number of carboxylic acid groups (broad SMARTS) is 1. The Labute approximate surface area is 252 Å². The normalized spacial score (nSPS) is 18.3. The minimum absolute atomic E-state index is 0.171. The van der Waals surface area contributed by atoms with Gasteiger partial charge >= 0.3 is 18.0 Å². The zero-order valence-corrected chi connectivity index (χ0v) is 25.8. The van der Waals surface area contributed by atoms with Crippen LogP contribution in [0, 0.1) is 5.92 Å². The van der Waals surface area contributed by atoms with Crippen LogP contribution in [0.25, 0.3) is 32.8 Å². The lowest BCUT2D eigenvalue weighted by Crippen LogP contribution is -2.59. The molecule has 4 aromatic rings. The summed E-state index contributed by atoms with van der Waals surface area (Å²) in [5, 5.41) is 14.1. The zero-order valence-electron chi connectivity index (χ0n) is 25.8. The number of benzene rings is 2. The van der Waals surface area contributed by atoms with Crippen molar-refractivity contribution in [1.82, 2.24) is 14.9 Å². The molecule has 3 atom stereocenters. The quantitative estimate of drug-likeness (QED) is 0.243. The Morgan fingerprint density at radius 1 is 1.16 bits per heavy atom. The molecule has 1 aliphatic heterocycles. The third-order valence-electron chi connectivity index (χ3n) is 7.69. The molecule has 12 nitrogen and oxygen atoms in total. The highest BCUT2D eigenvalue weighted by atomic mass is 16.6. The Hall–Kier alpha value is -4.87. The van der Waals surface area contributed by atoms with Crippen LogP contribution in [-0.2, 0) is 26.1 Å². The highest BCUT2D eigenvalue weighted by Crippen LogP contribution is 2.51. The van der Waals surface area contributed by atoms with Crippen molar-refractivity contribution >= 4 is 50.9 Å². The molecule has 2 N–H and O–H groups in total. The topological polar surface area (TPSA) is 155 Å². The summed E-state index contributed by atoms with van der Waals surface area (Å²) in [6.07, 6.45) is -2.26. The van der Waals surface area contributed by atoms with Crippen LogP contribution >= 0.6 is 0 Å². The zero-order chi connectivity index (χ0) is 32.3. The molecule has 1 amide bonds. The summed E-state index contributed by atoms with van der Waals surface area (Å²) in [6, 6.07) is 9.04. The van der Waals surface area contributed by atoms with E-state index in [1.807, 2.05) is 24.3 Å². The summed E-state index contributed by atoms with van der Waals surface area (Å²) in [4.78, 5) is 57.1. The molecule has 2 aromatic heterocycles. The fourth-order valence-electron chi connectivity index (χ4n) is 6.02. The maximum atomic E-state index is 14.2. The second kappa shape index (κ2) is 10.7. The van der Waals surface area contributed by atoms with Gasteiger partial charge in [-0.25, -0.2) is 14.6 Å². The molecule has 0 bridgehead atoms. The van der Waals surface area contributed by atoms with E-state index in [-0.39, 0.29) is 33.4 Å². The number of hydrogen-bond acceptors (Lipinski definition) is 9. The molecule has 5 rings (SSSR count). The van der Waals surface area contributed by atoms with Gasteiger partial charge < -0.3 is 33.9 Å². The maximum Gasteiger partial charge on any atom is 0.408 e. The number of para-hydroxylation sites is 1. The van der Waals surface area contributed by atoms with Gasteiger partial charge in [-0.1, -0.05) is 18.2 Å². The highest BCUT2D eigenvalue weighted by molar-refractivity contribution is 6.02. The summed E-state index contributed by atoms with van der Waals surface area (Å²) < 4.78 is 25.0. The number of fused-ring (bicyclic) bond motifs is 5. The number of carbonyl (C=O) groups excluding carboxylic acids is 2. The number of ether oxygens (including phenoxy) is 4. The first-order chi connectivity index (χ1) is 20.5. The Bertz CT molecular complexity index is 1910. The van der Waals surface area contributed by atoms with Gasteiger partial charge in [0.1, 0.15) is 40.5 Å². The van der Waals surface area contributed by atoms with E-state index in [0.29, 0.717) is 16.6 Å². The molecule has 1 aliphatic rings. The minimum atomic E-state index is -1.63. The van der Waals surface area contributed by atoms with Crippen molar-refractivity contribution in [1.29, 1.82) is 0 Å². The number of rotatable bonds is 5. The molecule has 44 heavy (non-hydrogen) atoms. The summed E-state index contributed by atoms with van der Waals surface area (Å²) in [5.74, 6) is -2.85. The highest BCUT2D eigenvalue weighted by Gasteiger charge is 2.54. The number of methoxy groups -OCH3 is 1. The molecule has 232 valence electrons. The minimum Gasteiger partial charge on any atom is -0.496 e. The van der Waals surface area contributed by atoms with Crippen molar-refractivity contribution in [2.75, 3.05) is 7.11 Å². The van der Waals surface area contributed by atoms with Crippen LogP contribution in [-0.4, -0.2) is 57.0 Å². The molecule has 2 aromatic carbocycles. The van der Waals surface area contributed by atoms with Crippen LogP contribution in [0.5, 0.6) is 11.5 Å². The van der Waals surface area contributed by atoms with Gasteiger partial charge in [0, 0.05) is 25.4 Å². The first kappa shape index (κ1) is 30.6. The summed E-state index contributed by atoms with van der Waals surface area (Å²) in [5.41, 5.74) is -1.07. The molecule has 1 unspecified atom stereocenters. The fourth-order valence-corrected chi connectivity index (χ4v) is 6.02. The van der Waals surface area contributed by atoms with Crippen molar-refractivity contribution < 1.29 is 38.4 Å². The molecule has 12 heteroatoms. The standard InChI is InChI=1S/C32H35N3O9/c1-15(36)42-27-22-20(43-32(5,6)23(27)24(29(38)39)34-30(40)44-31(2,3)4)14-19(41-8)21-25(22)35(7)28-17(26(21)37)13-16-11-9-10-12-18(16)33-28/h9-14,23-24,27H,1-8H3,(H,34,40)(H,38,39)/t23-,24?,27-/m1/s1. The number of hydrogen-bond donors (Lipinski definition) is 2. The predicted octanol–water partition coefficient (Wildman–Crippen LogP) is 4.62. The number of esters is 1. The number of nitrogens with one attached hydrogen (secondary N) is 1. The number of nitrogens with zero attached hydrogens (tertiary/aromatic N) is 2. The van der Waals surface area contributed by atoms with E-state index in [1.54, 1.807) is 52.3 Å². The first-order valence-electron chi connectivity index (χ1n) is 14.1. The Morgan fingerprint density at radius 3 is 2.45 bits per heavy atom. The first-order valence-corrected chi connectivity index (χ1v) is 14.1. The monoisotopic (exact) mass is 605 g/mol. The van der Waals surface area contributed by atoms with Gasteiger partial charge in [-0.15, -0.1) is 0 Å². The third-order valence-corrected chi connectivity index (χ3v) is 7.69. The van der Waals surface area contributed by atoms with Crippen LogP contribution in [0.3, 0.4) is 0 Å². The molecular formula is C32H35N3O9. The molecular weight excluding hydrogens is 570 g/mol. The van der Waals surface area contributed by atoms with E-state index in [4.69, 9.17) is 23.9 Å². The van der Waals surface area contributed by atoms with E-state index in [2.05, 4.69) is 5.32 Å². The lowest BCUT2D eigenvalue weighted by molar-refractivity contribution is -0.165. The number of alkyl carbamates (subject to hydrolysis) is 1. The van der Waals surface area contributed by atoms with Crippen LogP contribution < -0.4 is 20.2 Å². The number of amides is 1. The third kappa shape index (κ3) is 5.24. The SMILES string of the molecule is COc1cc2c(c3c1c(=O)c1cc4ccccc4nc1n3C)[C@@H](OC(C)=O)[C@@H](C(NC(=O)OC(C)(C)C)C(=O)O)C(C)(C)O2. The molecule has 0 aliphatic carbocycles. The Balaban J connectivity index is 1.85. The summed E-state index contributed by atoms with van der Waals surface area (Å²) in [6.45, 7) is 9.41. The van der Waals surface area contributed by atoms with Gasteiger partial charge in [0.25, 0.3) is 0 Å². The van der Waals surface area contributed by atoms with Gasteiger partial charge in [0.05, 0.1) is 40.4 Å². The molecule has 0 saturated heterocycles. The van der Waals surface area contributed by atoms with Crippen molar-refractivity contribution in [2.24, 2.45) is 13.0 Å². The van der Waals surface area contributed by atoms with Gasteiger partial charge in [-0.05, 0) is 46.8 Å². The van der Waals surface area contributed by atoms with Crippen LogP contribution in [0.4, 0.5) is 4.79 Å². The van der Waals surface area contributed by atoms with Crippen molar-refractivity contribution in [3.05, 3.63) is 52.2 Å². The largest absolute Gasteiger partial charge is 0.496 e. The molecule has 0 fully saturated rings. The van der Waals surface area contributed by atoms with Crippen molar-refractivity contribution in [3.63, 3.8) is 0 Å². The lowest BCUT2D eigenvalue weighted by Gasteiger charge is -2.46. The van der Waals surface area contributed by atoms with Crippen molar-refractivity contribution in [3.8, 4) is 11.5 Å². The fraction of sp³-hybridized carbons (Fsp3) is 0.406. The van der Waals surface area contributed by atoms with Gasteiger partial charge in [0.2, 0.25) is 5.43 Å². The number of aryl methyl sites for hydroxylation is 1. The molecule has 0 saturated carbocycles. The Morgan fingerprint density at radius 2 is 1.84 bits per heavy atom. The van der Waals surface area contributed by atoms with Gasteiger partial charge in [-0.3, -0.25) is 9.59 Å². The number of pyridine rings is 2. The van der Waals surface area contributed by atoms with E-state index in [1.165, 1.54) is 20.1 Å². The molecule has 0 spiro atoms. The molecule has 0 radical (unpaired) electrons. The van der Waals surface area contributed by atoms with E-state index >= 15 is 0 Å². The average molecular weight is 606 g/mol. The lowest BCUT2D eigenvalue weighted by atomic mass is 9.74. The summed E-state index contributed by atoms with van der Waals surface area (Å²) >= 11 is 0. The number of carbonyl (C=O) groups is 3. The van der Waals surface area contributed by atoms with E-state index < -0.39 is 47.3 Å². The number of carboxylic acids is 1. The maximum absolute atomic E-state index is 14.2. The second-order valence-electron chi connectivity index (χ2n) is 12.4. The van der Waals surface area contributed by atoms with Gasteiger partial charge in [0.15, 0.2) is 0 Å². The number of aliphatic carboxylic acids is 1. The van der Waals surface area contributed by atoms with E-state index in [9.17, 15) is 24.3 Å².